The first-order valence-electron chi connectivity index (χ1n) is 9.25. The maximum Gasteiger partial charge on any atom is 0.270 e. The van der Waals surface area contributed by atoms with Crippen molar-refractivity contribution in [3.63, 3.8) is 0 Å². The van der Waals surface area contributed by atoms with Crippen molar-refractivity contribution in [1.82, 2.24) is 15.4 Å². The van der Waals surface area contributed by atoms with Gasteiger partial charge in [0, 0.05) is 17.1 Å². The summed E-state index contributed by atoms with van der Waals surface area (Å²) in [6, 6.07) is 20.7. The average Bonchev–Trinajstić information content (AvgIpc) is 2.78. The monoisotopic (exact) mass is 418 g/mol. The van der Waals surface area contributed by atoms with Gasteiger partial charge in [-0.15, -0.1) is 0 Å². The van der Waals surface area contributed by atoms with Gasteiger partial charge < -0.3 is 11.1 Å². The summed E-state index contributed by atoms with van der Waals surface area (Å²) in [5, 5.41) is 5.68. The van der Waals surface area contributed by atoms with Crippen LogP contribution in [0, 0.1) is 0 Å². The van der Waals surface area contributed by atoms with Gasteiger partial charge in [0.25, 0.3) is 5.91 Å². The highest BCUT2D eigenvalue weighted by Gasteiger charge is 2.12. The highest BCUT2D eigenvalue weighted by molar-refractivity contribution is 6.30. The molecule has 1 heterocycles. The molecular formula is C22H19ClN6O. The Morgan fingerprint density at radius 1 is 0.933 bits per heavy atom. The van der Waals surface area contributed by atoms with E-state index in [1.54, 1.807) is 6.07 Å². The number of amides is 1. The van der Waals surface area contributed by atoms with E-state index in [1.807, 2.05) is 60.7 Å². The quantitative estimate of drug-likeness (QED) is 0.349. The van der Waals surface area contributed by atoms with Crippen LogP contribution in [0.1, 0.15) is 15.9 Å². The van der Waals surface area contributed by atoms with E-state index in [-0.39, 0.29) is 5.91 Å². The molecule has 7 nitrogen and oxygen atoms in total. The van der Waals surface area contributed by atoms with Gasteiger partial charge in [0.05, 0.1) is 0 Å². The minimum Gasteiger partial charge on any atom is -0.393 e. The summed E-state index contributed by atoms with van der Waals surface area (Å²) < 4.78 is 0. The number of nitrogen functional groups attached to an aromatic ring is 1. The Kier molecular flexibility index (Phi) is 5.63. The lowest BCUT2D eigenvalue weighted by atomic mass is 10.0. The van der Waals surface area contributed by atoms with E-state index in [9.17, 15) is 4.79 Å². The number of nitrogens with two attached hydrogens (primary N) is 1. The minimum atomic E-state index is -0.291. The highest BCUT2D eigenvalue weighted by Crippen LogP contribution is 2.23. The van der Waals surface area contributed by atoms with E-state index in [1.165, 1.54) is 6.33 Å². The number of nitrogens with one attached hydrogen (secondary N) is 3. The summed E-state index contributed by atoms with van der Waals surface area (Å²) in [5.74, 6) is 0.472. The van der Waals surface area contributed by atoms with E-state index in [0.29, 0.717) is 34.5 Å². The second-order valence-electron chi connectivity index (χ2n) is 6.57. The number of carbonyl (C=O) groups is 1. The number of halogens is 1. The molecule has 1 amide bonds. The van der Waals surface area contributed by atoms with E-state index < -0.39 is 0 Å². The smallest absolute Gasteiger partial charge is 0.270 e. The predicted octanol–water partition coefficient (Wildman–Crippen LogP) is 4.23. The van der Waals surface area contributed by atoms with Gasteiger partial charge in [-0.3, -0.25) is 15.6 Å². The molecule has 4 rings (SSSR count). The Hall–Kier alpha value is -3.84. The average molecular weight is 419 g/mol. The lowest BCUT2D eigenvalue weighted by Gasteiger charge is -2.14. The Balaban J connectivity index is 1.45. The number of hydrogen-bond donors (Lipinski definition) is 4. The third-order valence-corrected chi connectivity index (χ3v) is 4.84. The lowest BCUT2D eigenvalue weighted by molar-refractivity contribution is 0.0964. The molecule has 150 valence electrons. The molecule has 30 heavy (non-hydrogen) atoms. The van der Waals surface area contributed by atoms with Crippen LogP contribution in [-0.4, -0.2) is 15.9 Å². The van der Waals surface area contributed by atoms with E-state index >= 15 is 0 Å². The van der Waals surface area contributed by atoms with Crippen molar-refractivity contribution in [2.24, 2.45) is 0 Å². The lowest BCUT2D eigenvalue weighted by Crippen LogP contribution is -2.30. The molecular weight excluding hydrogens is 400 g/mol. The molecule has 0 spiro atoms. The topological polar surface area (TPSA) is 105 Å². The summed E-state index contributed by atoms with van der Waals surface area (Å²) in [7, 11) is 0. The van der Waals surface area contributed by atoms with Gasteiger partial charge in [0.1, 0.15) is 12.0 Å². The fourth-order valence-corrected chi connectivity index (χ4v) is 3.16. The molecule has 5 N–H and O–H groups in total. The molecule has 0 aliphatic heterocycles. The molecule has 0 saturated carbocycles. The number of rotatable bonds is 6. The number of hydrogen-bond acceptors (Lipinski definition) is 6. The van der Waals surface area contributed by atoms with Crippen molar-refractivity contribution in [3.05, 3.63) is 89.2 Å². The third kappa shape index (κ3) is 4.26. The maximum atomic E-state index is 12.7. The Morgan fingerprint density at radius 2 is 1.67 bits per heavy atom. The van der Waals surface area contributed by atoms with Gasteiger partial charge in [-0.25, -0.2) is 9.97 Å². The molecule has 0 bridgehead atoms. The molecule has 0 unspecified atom stereocenters. The van der Waals surface area contributed by atoms with Gasteiger partial charge in [-0.05, 0) is 34.5 Å². The molecule has 0 fully saturated rings. The van der Waals surface area contributed by atoms with Crippen molar-refractivity contribution in [3.8, 4) is 0 Å². The molecule has 8 heteroatoms. The first kappa shape index (κ1) is 19.5. The zero-order valence-electron chi connectivity index (χ0n) is 15.9. The van der Waals surface area contributed by atoms with Gasteiger partial charge in [0.2, 0.25) is 0 Å². The number of aromatic nitrogens is 2. The molecule has 0 saturated heterocycles. The van der Waals surface area contributed by atoms with Crippen molar-refractivity contribution >= 4 is 45.6 Å². The van der Waals surface area contributed by atoms with Crippen LogP contribution < -0.4 is 21.9 Å². The van der Waals surface area contributed by atoms with Crippen LogP contribution in [0.3, 0.4) is 0 Å². The van der Waals surface area contributed by atoms with Crippen LogP contribution in [0.2, 0.25) is 5.02 Å². The third-order valence-electron chi connectivity index (χ3n) is 4.59. The van der Waals surface area contributed by atoms with Gasteiger partial charge in [-0.2, -0.15) is 0 Å². The van der Waals surface area contributed by atoms with Gasteiger partial charge in [0.15, 0.2) is 11.6 Å². The Labute approximate surface area is 178 Å². The van der Waals surface area contributed by atoms with Crippen molar-refractivity contribution in [2.45, 2.75) is 6.54 Å². The molecule has 0 aliphatic rings. The van der Waals surface area contributed by atoms with Crippen molar-refractivity contribution in [2.75, 3.05) is 16.5 Å². The van der Waals surface area contributed by atoms with E-state index in [0.717, 1.165) is 16.3 Å². The number of fused-ring (bicyclic) bond motifs is 1. The largest absolute Gasteiger partial charge is 0.393 e. The summed E-state index contributed by atoms with van der Waals surface area (Å²) in [6.45, 7) is 0.514. The van der Waals surface area contributed by atoms with Crippen LogP contribution in [0.15, 0.2) is 73.1 Å². The second-order valence-corrected chi connectivity index (χ2v) is 7.01. The highest BCUT2D eigenvalue weighted by atomic mass is 35.5. The van der Waals surface area contributed by atoms with E-state index in [4.69, 9.17) is 17.3 Å². The van der Waals surface area contributed by atoms with Crippen LogP contribution >= 0.6 is 11.6 Å². The molecule has 4 aromatic rings. The van der Waals surface area contributed by atoms with Crippen LogP contribution in [0.4, 0.5) is 17.3 Å². The number of hydrazine groups is 1. The Bertz CT molecular complexity index is 1190. The van der Waals surface area contributed by atoms with Crippen molar-refractivity contribution < 1.29 is 4.79 Å². The normalized spacial score (nSPS) is 10.6. The van der Waals surface area contributed by atoms with Gasteiger partial charge in [-0.1, -0.05) is 60.1 Å². The fourth-order valence-electron chi connectivity index (χ4n) is 3.03. The number of carbonyl (C=O) groups excluding carboxylic acids is 1. The zero-order valence-corrected chi connectivity index (χ0v) is 16.6. The van der Waals surface area contributed by atoms with E-state index in [2.05, 4.69) is 26.1 Å². The molecule has 0 atom stereocenters. The standard InChI is InChI=1S/C22H19ClN6O/c23-16-10-8-14(9-11-16)12-25-20-19(24)21(27-13-26-20)28-29-22(30)18-7-3-5-15-4-1-2-6-17(15)18/h1-11,13H,12,24H2,(H,29,30)(H2,25,26,27,28). The number of anilines is 3. The molecule has 0 radical (unpaired) electrons. The second kappa shape index (κ2) is 8.67. The molecule has 1 aromatic heterocycles. The molecule has 3 aromatic carbocycles. The fraction of sp³-hybridized carbons (Fsp3) is 0.0455. The zero-order chi connectivity index (χ0) is 20.9. The predicted molar refractivity (Wildman–Crippen MR) is 120 cm³/mol. The summed E-state index contributed by atoms with van der Waals surface area (Å²) in [6.07, 6.45) is 1.37. The number of nitrogens with zero attached hydrogens (tertiary/aromatic N) is 2. The summed E-state index contributed by atoms with van der Waals surface area (Å²) >= 11 is 5.91. The van der Waals surface area contributed by atoms with Crippen LogP contribution in [0.5, 0.6) is 0 Å². The molecule has 0 aliphatic carbocycles. The van der Waals surface area contributed by atoms with Crippen molar-refractivity contribution in [1.29, 1.82) is 0 Å². The first-order chi connectivity index (χ1) is 14.6. The Morgan fingerprint density at radius 3 is 2.50 bits per heavy atom. The summed E-state index contributed by atoms with van der Waals surface area (Å²) in [5.41, 5.74) is 13.5. The first-order valence-corrected chi connectivity index (χ1v) is 9.62. The summed E-state index contributed by atoms with van der Waals surface area (Å²) in [4.78, 5) is 21.0. The van der Waals surface area contributed by atoms with Gasteiger partial charge >= 0.3 is 0 Å². The maximum absolute atomic E-state index is 12.7. The number of benzene rings is 3. The SMILES string of the molecule is Nc1c(NCc2ccc(Cl)cc2)ncnc1NNC(=O)c1cccc2ccccc12. The minimum absolute atomic E-state index is 0.291. The van der Waals surface area contributed by atoms with Crippen LogP contribution in [-0.2, 0) is 6.54 Å². The van der Waals surface area contributed by atoms with Crippen LogP contribution in [0.25, 0.3) is 10.8 Å².